The number of rotatable bonds is 6. The lowest BCUT2D eigenvalue weighted by atomic mass is 9.78. The van der Waals surface area contributed by atoms with Gasteiger partial charge in [-0.25, -0.2) is 8.78 Å². The molecule has 1 aromatic rings. The zero-order valence-corrected chi connectivity index (χ0v) is 18.4. The van der Waals surface area contributed by atoms with Gasteiger partial charge in [0.2, 0.25) is 0 Å². The molecule has 0 unspecified atom stereocenters. The summed E-state index contributed by atoms with van der Waals surface area (Å²) in [7, 11) is 0. The molecule has 158 valence electrons. The highest BCUT2D eigenvalue weighted by Crippen LogP contribution is 2.34. The molecule has 2 N–H and O–H groups in total. The van der Waals surface area contributed by atoms with E-state index in [2.05, 4.69) is 13.8 Å². The summed E-state index contributed by atoms with van der Waals surface area (Å²) in [4.78, 5) is 0. The molecule has 0 spiro atoms. The molecule has 0 amide bonds. The van der Waals surface area contributed by atoms with Crippen molar-refractivity contribution in [2.24, 2.45) is 5.73 Å². The summed E-state index contributed by atoms with van der Waals surface area (Å²) in [5.41, 5.74) is 6.80. The van der Waals surface area contributed by atoms with Crippen LogP contribution in [-0.2, 0) is 5.41 Å². The molecule has 1 aromatic carbocycles. The first-order valence-electron chi connectivity index (χ1n) is 9.77. The molecule has 0 fully saturated rings. The Morgan fingerprint density at radius 2 is 1.68 bits per heavy atom. The SMILES string of the molecule is C/C=C\C=C(/N)c1c(F)cc(F)cc1C(C)(C)CC.CC#CF.CCCCC. The Balaban J connectivity index is 0. The third kappa shape index (κ3) is 10.9. The Kier molecular flexibility index (Phi) is 15.9. The third-order valence-corrected chi connectivity index (χ3v) is 4.23. The van der Waals surface area contributed by atoms with Crippen molar-refractivity contribution in [3.05, 3.63) is 53.1 Å². The molecular weight excluding hydrogens is 359 g/mol. The molecule has 28 heavy (non-hydrogen) atoms. The van der Waals surface area contributed by atoms with Crippen molar-refractivity contribution in [3.63, 3.8) is 0 Å². The summed E-state index contributed by atoms with van der Waals surface area (Å²) in [5, 5.41) is 0. The van der Waals surface area contributed by atoms with Crippen LogP contribution in [0.1, 0.15) is 85.3 Å². The zero-order valence-electron chi connectivity index (χ0n) is 18.4. The van der Waals surface area contributed by atoms with Crippen molar-refractivity contribution < 1.29 is 13.2 Å². The average Bonchev–Trinajstić information content (AvgIpc) is 2.66. The minimum Gasteiger partial charge on any atom is -0.398 e. The van der Waals surface area contributed by atoms with Gasteiger partial charge < -0.3 is 5.73 Å². The standard InChI is InChI=1S/C16H21F2N.C5H12.C3H3F/c1-5-7-8-14(19)15-12(16(3,4)6-2)9-11(17)10-13(15)18;1-3-5-4-2;1-2-3-4/h5,7-10H,6,19H2,1-4H3;3-5H2,1-2H3;1H3/b7-5-,14-8-;;. The van der Waals surface area contributed by atoms with Crippen LogP contribution in [0.3, 0.4) is 0 Å². The van der Waals surface area contributed by atoms with E-state index in [0.717, 1.165) is 12.5 Å². The maximum absolute atomic E-state index is 14.1. The van der Waals surface area contributed by atoms with Gasteiger partial charge in [0.05, 0.1) is 0 Å². The molecule has 0 radical (unpaired) electrons. The molecule has 0 bridgehead atoms. The van der Waals surface area contributed by atoms with E-state index < -0.39 is 11.6 Å². The lowest BCUT2D eigenvalue weighted by molar-refractivity contribution is 0.489. The van der Waals surface area contributed by atoms with Gasteiger partial charge in [0.25, 0.3) is 0 Å². The predicted octanol–water partition coefficient (Wildman–Crippen LogP) is 7.66. The zero-order chi connectivity index (χ0) is 22.2. The highest BCUT2D eigenvalue weighted by molar-refractivity contribution is 5.68. The molecule has 0 aromatic heterocycles. The van der Waals surface area contributed by atoms with Gasteiger partial charge in [0, 0.05) is 17.3 Å². The Morgan fingerprint density at radius 3 is 2.04 bits per heavy atom. The quantitative estimate of drug-likeness (QED) is 0.388. The van der Waals surface area contributed by atoms with Crippen LogP contribution < -0.4 is 5.73 Å². The fraction of sp³-hybridized carbons (Fsp3) is 0.500. The molecule has 0 aliphatic carbocycles. The molecule has 0 aliphatic heterocycles. The van der Waals surface area contributed by atoms with Crippen LogP contribution in [0.5, 0.6) is 0 Å². The van der Waals surface area contributed by atoms with Crippen LogP contribution in [0.15, 0.2) is 30.4 Å². The van der Waals surface area contributed by atoms with Crippen molar-refractivity contribution in [1.29, 1.82) is 0 Å². The molecule has 0 saturated carbocycles. The van der Waals surface area contributed by atoms with Crippen molar-refractivity contribution in [2.45, 2.75) is 79.6 Å². The first kappa shape index (κ1) is 28.1. The van der Waals surface area contributed by atoms with Gasteiger partial charge in [-0.15, -0.1) is 4.39 Å². The number of nitrogens with two attached hydrogens (primary N) is 1. The molecule has 0 aliphatic rings. The summed E-state index contributed by atoms with van der Waals surface area (Å²) in [5.74, 6) is 0.825. The molecule has 1 nitrogen and oxygen atoms in total. The second-order valence-electron chi connectivity index (χ2n) is 6.89. The van der Waals surface area contributed by atoms with E-state index in [0.29, 0.717) is 16.8 Å². The van der Waals surface area contributed by atoms with Crippen molar-refractivity contribution in [3.8, 4) is 12.1 Å². The summed E-state index contributed by atoms with van der Waals surface area (Å²) in [6.07, 6.45) is 11.2. The lowest BCUT2D eigenvalue weighted by Gasteiger charge is -2.27. The molecule has 0 atom stereocenters. The number of hydrogen-bond donors (Lipinski definition) is 1. The number of allylic oxidation sites excluding steroid dienone is 3. The van der Waals surface area contributed by atoms with Gasteiger partial charge in [-0.2, -0.15) is 0 Å². The topological polar surface area (TPSA) is 26.0 Å². The van der Waals surface area contributed by atoms with Crippen LogP contribution >= 0.6 is 0 Å². The minimum atomic E-state index is -0.616. The normalized spacial score (nSPS) is 11.0. The van der Waals surface area contributed by atoms with E-state index >= 15 is 0 Å². The minimum absolute atomic E-state index is 0.298. The van der Waals surface area contributed by atoms with E-state index in [4.69, 9.17) is 5.73 Å². The van der Waals surface area contributed by atoms with Crippen LogP contribution in [-0.4, -0.2) is 0 Å². The molecule has 1 rings (SSSR count). The summed E-state index contributed by atoms with van der Waals surface area (Å²) < 4.78 is 37.9. The summed E-state index contributed by atoms with van der Waals surface area (Å²) in [6, 6.07) is 2.25. The molecule has 0 saturated heterocycles. The lowest BCUT2D eigenvalue weighted by Crippen LogP contribution is -2.20. The maximum atomic E-state index is 14.1. The van der Waals surface area contributed by atoms with Crippen LogP contribution in [0.25, 0.3) is 5.70 Å². The molecule has 0 heterocycles. The summed E-state index contributed by atoms with van der Waals surface area (Å²) in [6.45, 7) is 13.6. The van der Waals surface area contributed by atoms with Gasteiger partial charge in [-0.05, 0) is 43.4 Å². The Morgan fingerprint density at radius 1 is 1.14 bits per heavy atom. The van der Waals surface area contributed by atoms with Gasteiger partial charge in [0.1, 0.15) is 17.8 Å². The fourth-order valence-electron chi connectivity index (χ4n) is 2.23. The monoisotopic (exact) mass is 395 g/mol. The van der Waals surface area contributed by atoms with Gasteiger partial charge in [0.15, 0.2) is 0 Å². The Labute approximate surface area is 169 Å². The number of halogens is 3. The van der Waals surface area contributed by atoms with E-state index in [-0.39, 0.29) is 5.41 Å². The number of hydrogen-bond acceptors (Lipinski definition) is 1. The number of unbranched alkanes of at least 4 members (excludes halogenated alkanes) is 2. The van der Waals surface area contributed by atoms with Crippen molar-refractivity contribution >= 4 is 5.70 Å². The van der Waals surface area contributed by atoms with E-state index in [1.54, 1.807) is 18.2 Å². The van der Waals surface area contributed by atoms with E-state index in [9.17, 15) is 13.2 Å². The smallest absolute Gasteiger partial charge is 0.135 e. The van der Waals surface area contributed by atoms with Crippen molar-refractivity contribution in [1.82, 2.24) is 0 Å². The second kappa shape index (κ2) is 15.9. The highest BCUT2D eigenvalue weighted by Gasteiger charge is 2.25. The van der Waals surface area contributed by atoms with Gasteiger partial charge in [-0.1, -0.05) is 72.0 Å². The van der Waals surface area contributed by atoms with Crippen LogP contribution in [0.2, 0.25) is 0 Å². The maximum Gasteiger partial charge on any atom is 0.135 e. The van der Waals surface area contributed by atoms with Gasteiger partial charge in [-0.3, -0.25) is 0 Å². The largest absolute Gasteiger partial charge is 0.398 e. The Bertz CT molecular complexity index is 669. The van der Waals surface area contributed by atoms with Crippen LogP contribution in [0.4, 0.5) is 13.2 Å². The van der Waals surface area contributed by atoms with Gasteiger partial charge >= 0.3 is 0 Å². The fourth-order valence-corrected chi connectivity index (χ4v) is 2.23. The van der Waals surface area contributed by atoms with E-state index in [1.165, 1.54) is 38.4 Å². The Hall–Kier alpha value is -2.15. The van der Waals surface area contributed by atoms with Crippen LogP contribution in [0, 0.1) is 23.7 Å². The molecular formula is C24H36F3N. The van der Waals surface area contributed by atoms with Crippen molar-refractivity contribution in [2.75, 3.05) is 0 Å². The first-order chi connectivity index (χ1) is 13.2. The predicted molar refractivity (Wildman–Crippen MR) is 116 cm³/mol. The van der Waals surface area contributed by atoms with E-state index in [1.807, 2.05) is 33.6 Å². The average molecular weight is 396 g/mol. The third-order valence-electron chi connectivity index (χ3n) is 4.23. The molecule has 4 heteroatoms. The second-order valence-corrected chi connectivity index (χ2v) is 6.89. The first-order valence-corrected chi connectivity index (χ1v) is 9.77. The summed E-state index contributed by atoms with van der Waals surface area (Å²) >= 11 is 0. The number of benzene rings is 1. The highest BCUT2D eigenvalue weighted by atomic mass is 19.1.